The molecule has 22 heavy (non-hydrogen) atoms. The highest BCUT2D eigenvalue weighted by atomic mass is 32.1. The second-order valence-electron chi connectivity index (χ2n) is 5.58. The topological polar surface area (TPSA) is 49.4 Å². The molecule has 1 aliphatic carbocycles. The summed E-state index contributed by atoms with van der Waals surface area (Å²) in [7, 11) is 1.80. The van der Waals surface area contributed by atoms with E-state index in [9.17, 15) is 9.59 Å². The number of amides is 2. The average molecular weight is 314 g/mol. The highest BCUT2D eigenvalue weighted by molar-refractivity contribution is 7.09. The number of benzene rings is 1. The van der Waals surface area contributed by atoms with Gasteiger partial charge in [-0.3, -0.25) is 9.59 Å². The van der Waals surface area contributed by atoms with Crippen LogP contribution in [0.5, 0.6) is 0 Å². The summed E-state index contributed by atoms with van der Waals surface area (Å²) in [4.78, 5) is 26.9. The molecule has 1 aromatic carbocycles. The second-order valence-corrected chi connectivity index (χ2v) is 6.61. The van der Waals surface area contributed by atoms with Crippen LogP contribution in [0.25, 0.3) is 0 Å². The van der Waals surface area contributed by atoms with E-state index in [-0.39, 0.29) is 17.7 Å². The normalized spacial score (nSPS) is 13.7. The molecule has 1 fully saturated rings. The van der Waals surface area contributed by atoms with Crippen LogP contribution < -0.4 is 5.32 Å². The van der Waals surface area contributed by atoms with Gasteiger partial charge in [0.25, 0.3) is 5.91 Å². The second kappa shape index (κ2) is 6.32. The van der Waals surface area contributed by atoms with Crippen molar-refractivity contribution in [1.82, 2.24) is 4.90 Å². The molecule has 0 aliphatic heterocycles. The monoisotopic (exact) mass is 314 g/mol. The summed E-state index contributed by atoms with van der Waals surface area (Å²) in [6.07, 6.45) is 1.96. The van der Waals surface area contributed by atoms with Crippen LogP contribution >= 0.6 is 11.3 Å². The van der Waals surface area contributed by atoms with Crippen molar-refractivity contribution in [1.29, 1.82) is 0 Å². The molecule has 1 saturated carbocycles. The van der Waals surface area contributed by atoms with Crippen LogP contribution in [0.1, 0.15) is 28.1 Å². The molecular formula is C17H18N2O2S. The third kappa shape index (κ3) is 3.54. The van der Waals surface area contributed by atoms with Gasteiger partial charge in [0.05, 0.1) is 6.54 Å². The zero-order chi connectivity index (χ0) is 15.5. The molecule has 0 unspecified atom stereocenters. The van der Waals surface area contributed by atoms with Crippen molar-refractivity contribution in [3.63, 3.8) is 0 Å². The van der Waals surface area contributed by atoms with E-state index in [0.29, 0.717) is 12.1 Å². The lowest BCUT2D eigenvalue weighted by atomic mass is 10.1. The molecule has 2 amide bonds. The molecule has 0 atom stereocenters. The van der Waals surface area contributed by atoms with E-state index in [2.05, 4.69) is 5.32 Å². The fourth-order valence-corrected chi connectivity index (χ4v) is 2.97. The molecule has 0 bridgehead atoms. The maximum atomic E-state index is 12.4. The molecule has 2 aromatic rings. The molecule has 4 nitrogen and oxygen atoms in total. The smallest absolute Gasteiger partial charge is 0.253 e. The van der Waals surface area contributed by atoms with Gasteiger partial charge in [0.15, 0.2) is 0 Å². The fraction of sp³-hybridized carbons (Fsp3) is 0.294. The van der Waals surface area contributed by atoms with Gasteiger partial charge < -0.3 is 10.2 Å². The maximum Gasteiger partial charge on any atom is 0.253 e. The highest BCUT2D eigenvalue weighted by Gasteiger charge is 2.29. The van der Waals surface area contributed by atoms with Gasteiger partial charge >= 0.3 is 0 Å². The summed E-state index contributed by atoms with van der Waals surface area (Å²) < 4.78 is 0. The standard InChI is InChI=1S/C17H18N2O2S/c1-19(11-15-3-2-10-22-15)17(21)13-6-8-14(9-7-13)18-16(20)12-4-5-12/h2-3,6-10,12H,4-5,11H2,1H3,(H,18,20). The van der Waals surface area contributed by atoms with Crippen molar-refractivity contribution in [2.24, 2.45) is 5.92 Å². The van der Waals surface area contributed by atoms with Gasteiger partial charge in [-0.15, -0.1) is 11.3 Å². The fourth-order valence-electron chi connectivity index (χ4n) is 2.21. The Morgan fingerprint density at radius 2 is 1.95 bits per heavy atom. The van der Waals surface area contributed by atoms with Gasteiger partial charge in [0, 0.05) is 29.1 Å². The summed E-state index contributed by atoms with van der Waals surface area (Å²) in [6, 6.07) is 11.1. The Kier molecular flexibility index (Phi) is 4.24. The number of nitrogens with zero attached hydrogens (tertiary/aromatic N) is 1. The molecule has 1 aromatic heterocycles. The molecular weight excluding hydrogens is 296 g/mol. The van der Waals surface area contributed by atoms with Crippen molar-refractivity contribution in [2.75, 3.05) is 12.4 Å². The van der Waals surface area contributed by atoms with Crippen LogP contribution in [0.3, 0.4) is 0 Å². The SMILES string of the molecule is CN(Cc1cccs1)C(=O)c1ccc(NC(=O)C2CC2)cc1. The van der Waals surface area contributed by atoms with E-state index in [0.717, 1.165) is 23.4 Å². The van der Waals surface area contributed by atoms with Crippen molar-refractivity contribution in [2.45, 2.75) is 19.4 Å². The van der Waals surface area contributed by atoms with E-state index < -0.39 is 0 Å². The van der Waals surface area contributed by atoms with Crippen molar-refractivity contribution < 1.29 is 9.59 Å². The Morgan fingerprint density at radius 3 is 2.55 bits per heavy atom. The van der Waals surface area contributed by atoms with Gasteiger partial charge in [-0.2, -0.15) is 0 Å². The van der Waals surface area contributed by atoms with Gasteiger partial charge in [0.1, 0.15) is 0 Å². The van der Waals surface area contributed by atoms with Crippen molar-refractivity contribution in [3.8, 4) is 0 Å². The summed E-state index contributed by atoms with van der Waals surface area (Å²) in [5, 5.41) is 4.88. The van der Waals surface area contributed by atoms with Gasteiger partial charge in [0.2, 0.25) is 5.91 Å². The third-order valence-electron chi connectivity index (χ3n) is 3.67. The van der Waals surface area contributed by atoms with Gasteiger partial charge in [-0.1, -0.05) is 6.07 Å². The zero-order valence-corrected chi connectivity index (χ0v) is 13.2. The van der Waals surface area contributed by atoms with E-state index in [4.69, 9.17) is 0 Å². The number of rotatable bonds is 5. The van der Waals surface area contributed by atoms with Crippen molar-refractivity contribution >= 4 is 28.8 Å². The molecule has 0 radical (unpaired) electrons. The Balaban J connectivity index is 1.61. The number of thiophene rings is 1. The zero-order valence-electron chi connectivity index (χ0n) is 12.4. The van der Waals surface area contributed by atoms with E-state index >= 15 is 0 Å². The van der Waals surface area contributed by atoms with Crippen LogP contribution in [-0.4, -0.2) is 23.8 Å². The van der Waals surface area contributed by atoms with Crippen LogP contribution in [0, 0.1) is 5.92 Å². The molecule has 5 heteroatoms. The molecule has 1 N–H and O–H groups in total. The Hall–Kier alpha value is -2.14. The molecule has 0 spiro atoms. The minimum absolute atomic E-state index is 0.0199. The van der Waals surface area contributed by atoms with E-state index in [1.54, 1.807) is 47.5 Å². The number of hydrogen-bond acceptors (Lipinski definition) is 3. The summed E-state index contributed by atoms with van der Waals surface area (Å²) >= 11 is 1.64. The third-order valence-corrected chi connectivity index (χ3v) is 4.53. The Labute approximate surface area is 133 Å². The Morgan fingerprint density at radius 1 is 1.23 bits per heavy atom. The average Bonchev–Trinajstić information content (AvgIpc) is 3.26. The van der Waals surface area contributed by atoms with Crippen molar-refractivity contribution in [3.05, 3.63) is 52.2 Å². The molecule has 0 saturated heterocycles. The molecule has 1 heterocycles. The predicted octanol–water partition coefficient (Wildman–Crippen LogP) is 3.37. The largest absolute Gasteiger partial charge is 0.337 e. The number of nitrogens with one attached hydrogen (secondary N) is 1. The maximum absolute atomic E-state index is 12.4. The minimum atomic E-state index is -0.0199. The van der Waals surface area contributed by atoms with E-state index in [1.807, 2.05) is 17.5 Å². The first kappa shape index (κ1) is 14.8. The quantitative estimate of drug-likeness (QED) is 0.920. The lowest BCUT2D eigenvalue weighted by Crippen LogP contribution is -2.25. The van der Waals surface area contributed by atoms with E-state index in [1.165, 1.54) is 0 Å². The Bertz CT molecular complexity index is 660. The summed E-state index contributed by atoms with van der Waals surface area (Å²) in [6.45, 7) is 0.608. The van der Waals surface area contributed by atoms with Crippen LogP contribution in [-0.2, 0) is 11.3 Å². The highest BCUT2D eigenvalue weighted by Crippen LogP contribution is 2.30. The molecule has 1 aliphatic rings. The first-order valence-corrected chi connectivity index (χ1v) is 8.20. The van der Waals surface area contributed by atoms with Gasteiger partial charge in [-0.25, -0.2) is 0 Å². The summed E-state index contributed by atoms with van der Waals surface area (Å²) in [5.41, 5.74) is 1.37. The first-order valence-electron chi connectivity index (χ1n) is 7.32. The first-order chi connectivity index (χ1) is 10.6. The number of carbonyl (C=O) groups excluding carboxylic acids is 2. The summed E-state index contributed by atoms with van der Waals surface area (Å²) in [5.74, 6) is 0.237. The minimum Gasteiger partial charge on any atom is -0.337 e. The predicted molar refractivity (Wildman–Crippen MR) is 87.9 cm³/mol. The number of anilines is 1. The molecule has 114 valence electrons. The van der Waals surface area contributed by atoms with Crippen LogP contribution in [0.15, 0.2) is 41.8 Å². The van der Waals surface area contributed by atoms with Crippen LogP contribution in [0.4, 0.5) is 5.69 Å². The number of hydrogen-bond donors (Lipinski definition) is 1. The van der Waals surface area contributed by atoms with Gasteiger partial charge in [-0.05, 0) is 48.6 Å². The number of carbonyl (C=O) groups is 2. The lowest BCUT2D eigenvalue weighted by molar-refractivity contribution is -0.117. The van der Waals surface area contributed by atoms with Crippen LogP contribution in [0.2, 0.25) is 0 Å². The molecule has 3 rings (SSSR count). The lowest BCUT2D eigenvalue weighted by Gasteiger charge is -2.16.